The summed E-state index contributed by atoms with van der Waals surface area (Å²) in [4.78, 5) is 0. The standard InChI is InChI=1S/C5H8.H4Si/c1-3-5-4-2;/h3-5H,1H2,2H3;1H4. The van der Waals surface area contributed by atoms with Crippen molar-refractivity contribution in [2.75, 3.05) is 0 Å². The summed E-state index contributed by atoms with van der Waals surface area (Å²) in [6.45, 7) is 5.42. The van der Waals surface area contributed by atoms with Crippen LogP contribution in [-0.2, 0) is 0 Å². The van der Waals surface area contributed by atoms with E-state index in [1.54, 1.807) is 6.08 Å². The van der Waals surface area contributed by atoms with Crippen molar-refractivity contribution in [1.29, 1.82) is 0 Å². The average Bonchev–Trinajstić information content (AvgIpc) is 1.41. The van der Waals surface area contributed by atoms with Gasteiger partial charge in [-0.15, -0.1) is 0 Å². The second-order valence-electron chi connectivity index (χ2n) is 0.761. The number of allylic oxidation sites excluding steroid dienone is 3. The van der Waals surface area contributed by atoms with E-state index in [-0.39, 0.29) is 11.0 Å². The maximum Gasteiger partial charge on any atom is -0.0149 e. The monoisotopic (exact) mass is 100 g/mol. The highest BCUT2D eigenvalue weighted by molar-refractivity contribution is 5.75. The largest absolute Gasteiger partial charge is 0.0991 e. The maximum atomic E-state index is 3.46. The molecule has 0 radical (unpaired) electrons. The van der Waals surface area contributed by atoms with E-state index < -0.39 is 0 Å². The van der Waals surface area contributed by atoms with Crippen molar-refractivity contribution < 1.29 is 0 Å². The van der Waals surface area contributed by atoms with E-state index in [4.69, 9.17) is 0 Å². The van der Waals surface area contributed by atoms with Crippen LogP contribution in [0.15, 0.2) is 24.8 Å². The zero-order valence-corrected chi connectivity index (χ0v) is 3.44. The van der Waals surface area contributed by atoms with Gasteiger partial charge in [-0.1, -0.05) is 24.8 Å². The molecule has 0 atom stereocenters. The van der Waals surface area contributed by atoms with E-state index in [1.807, 2.05) is 19.1 Å². The fourth-order valence-corrected chi connectivity index (χ4v) is 0.136. The summed E-state index contributed by atoms with van der Waals surface area (Å²) >= 11 is 0. The fourth-order valence-electron chi connectivity index (χ4n) is 0.136. The molecule has 0 bridgehead atoms. The van der Waals surface area contributed by atoms with Crippen LogP contribution in [0.25, 0.3) is 0 Å². The molecule has 0 saturated heterocycles. The molecule has 0 aliphatic heterocycles. The zero-order valence-electron chi connectivity index (χ0n) is 3.44. The van der Waals surface area contributed by atoms with Crippen molar-refractivity contribution in [2.24, 2.45) is 0 Å². The summed E-state index contributed by atoms with van der Waals surface area (Å²) in [5.41, 5.74) is 0. The lowest BCUT2D eigenvalue weighted by atomic mass is 10.5. The Morgan fingerprint density at radius 3 is 2.00 bits per heavy atom. The van der Waals surface area contributed by atoms with Gasteiger partial charge in [0.15, 0.2) is 0 Å². The van der Waals surface area contributed by atoms with Crippen LogP contribution in [-0.4, -0.2) is 11.0 Å². The summed E-state index contributed by atoms with van der Waals surface area (Å²) in [6, 6.07) is 0. The molecular formula is C5H12Si. The van der Waals surface area contributed by atoms with E-state index in [2.05, 4.69) is 6.58 Å². The van der Waals surface area contributed by atoms with E-state index in [9.17, 15) is 0 Å². The number of hydrogen-bond acceptors (Lipinski definition) is 0. The van der Waals surface area contributed by atoms with Crippen molar-refractivity contribution >= 4 is 11.0 Å². The minimum absolute atomic E-state index is 0. The molecule has 0 aromatic heterocycles. The summed E-state index contributed by atoms with van der Waals surface area (Å²) in [5.74, 6) is 0. The van der Waals surface area contributed by atoms with Gasteiger partial charge in [-0.05, 0) is 17.9 Å². The third-order valence-corrected chi connectivity index (χ3v) is 0.329. The predicted octanol–water partition coefficient (Wildman–Crippen LogP) is 0.297. The highest BCUT2D eigenvalue weighted by Crippen LogP contribution is 1.64. The third-order valence-electron chi connectivity index (χ3n) is 0.329. The first-order valence-electron chi connectivity index (χ1n) is 1.65. The first-order valence-corrected chi connectivity index (χ1v) is 1.65. The molecule has 0 unspecified atom stereocenters. The fraction of sp³-hybridized carbons (Fsp3) is 0.200. The van der Waals surface area contributed by atoms with E-state index in [0.717, 1.165) is 0 Å². The summed E-state index contributed by atoms with van der Waals surface area (Å²) in [6.07, 6.45) is 5.58. The molecule has 0 nitrogen and oxygen atoms in total. The second kappa shape index (κ2) is 8.83. The van der Waals surface area contributed by atoms with Gasteiger partial charge in [-0.2, -0.15) is 0 Å². The van der Waals surface area contributed by atoms with Gasteiger partial charge in [0.2, 0.25) is 0 Å². The molecule has 0 rings (SSSR count). The lowest BCUT2D eigenvalue weighted by Gasteiger charge is -1.56. The van der Waals surface area contributed by atoms with E-state index in [0.29, 0.717) is 0 Å². The number of rotatable bonds is 1. The Kier molecular flexibility index (Phi) is 13.5. The zero-order chi connectivity index (χ0) is 4.12. The first kappa shape index (κ1) is 9.20. The Labute approximate surface area is 43.6 Å². The highest BCUT2D eigenvalue weighted by Gasteiger charge is 1.42. The highest BCUT2D eigenvalue weighted by atomic mass is 28.1. The van der Waals surface area contributed by atoms with Gasteiger partial charge in [0.25, 0.3) is 0 Å². The average molecular weight is 100 g/mol. The third kappa shape index (κ3) is 9.34. The number of hydrogen-bond donors (Lipinski definition) is 0. The Balaban J connectivity index is 0. The molecule has 0 aromatic carbocycles. The van der Waals surface area contributed by atoms with Gasteiger partial charge in [-0.25, -0.2) is 0 Å². The minimum atomic E-state index is 0. The lowest BCUT2D eigenvalue weighted by Crippen LogP contribution is -1.33. The quantitative estimate of drug-likeness (QED) is 0.328. The molecule has 6 heavy (non-hydrogen) atoms. The van der Waals surface area contributed by atoms with Crippen LogP contribution < -0.4 is 0 Å². The normalized spacial score (nSPS) is 7.50. The second-order valence-corrected chi connectivity index (χ2v) is 0.761. The minimum Gasteiger partial charge on any atom is -0.0991 e. The lowest BCUT2D eigenvalue weighted by molar-refractivity contribution is 1.74. The Morgan fingerprint density at radius 2 is 2.00 bits per heavy atom. The van der Waals surface area contributed by atoms with Crippen molar-refractivity contribution in [1.82, 2.24) is 0 Å². The molecule has 0 N–H and O–H groups in total. The molecule has 0 fully saturated rings. The maximum absolute atomic E-state index is 3.46. The van der Waals surface area contributed by atoms with Crippen LogP contribution in [0.3, 0.4) is 0 Å². The smallest absolute Gasteiger partial charge is 0.0149 e. The van der Waals surface area contributed by atoms with Crippen LogP contribution in [0.2, 0.25) is 0 Å². The Hall–Kier alpha value is -0.303. The van der Waals surface area contributed by atoms with E-state index >= 15 is 0 Å². The molecule has 0 aliphatic carbocycles. The summed E-state index contributed by atoms with van der Waals surface area (Å²) in [5, 5.41) is 0. The summed E-state index contributed by atoms with van der Waals surface area (Å²) in [7, 11) is 0. The topological polar surface area (TPSA) is 0 Å². The van der Waals surface area contributed by atoms with Gasteiger partial charge < -0.3 is 0 Å². The molecule has 36 valence electrons. The SMILES string of the molecule is C=CC=CC.[SiH4]. The van der Waals surface area contributed by atoms with Crippen LogP contribution in [0, 0.1) is 0 Å². The summed E-state index contributed by atoms with van der Waals surface area (Å²) < 4.78 is 0. The van der Waals surface area contributed by atoms with E-state index in [1.165, 1.54) is 0 Å². The van der Waals surface area contributed by atoms with Crippen LogP contribution >= 0.6 is 0 Å². The van der Waals surface area contributed by atoms with Crippen molar-refractivity contribution in [2.45, 2.75) is 6.92 Å². The van der Waals surface area contributed by atoms with Crippen LogP contribution in [0.5, 0.6) is 0 Å². The Morgan fingerprint density at radius 1 is 1.50 bits per heavy atom. The van der Waals surface area contributed by atoms with Crippen molar-refractivity contribution in [3.05, 3.63) is 24.8 Å². The Bertz CT molecular complexity index is 45.9. The van der Waals surface area contributed by atoms with Crippen LogP contribution in [0.1, 0.15) is 6.92 Å². The van der Waals surface area contributed by atoms with Crippen molar-refractivity contribution in [3.63, 3.8) is 0 Å². The van der Waals surface area contributed by atoms with Gasteiger partial charge >= 0.3 is 0 Å². The molecule has 0 amide bonds. The molecule has 0 heterocycles. The molecule has 0 saturated carbocycles. The van der Waals surface area contributed by atoms with Gasteiger partial charge in [-0.3, -0.25) is 0 Å². The van der Waals surface area contributed by atoms with Crippen LogP contribution in [0.4, 0.5) is 0 Å². The van der Waals surface area contributed by atoms with Gasteiger partial charge in [0.05, 0.1) is 0 Å². The molecule has 0 aromatic rings. The molecule has 0 spiro atoms. The molecular weight excluding hydrogens is 88.1 g/mol. The molecule has 0 aliphatic rings. The van der Waals surface area contributed by atoms with Gasteiger partial charge in [0.1, 0.15) is 0 Å². The van der Waals surface area contributed by atoms with Gasteiger partial charge in [0, 0.05) is 0 Å². The first-order chi connectivity index (χ1) is 2.41. The molecule has 1 heteroatoms. The predicted molar refractivity (Wildman–Crippen MR) is 36.3 cm³/mol. The van der Waals surface area contributed by atoms with Crippen molar-refractivity contribution in [3.8, 4) is 0 Å².